The topological polar surface area (TPSA) is 129 Å². The van der Waals surface area contributed by atoms with Gasteiger partial charge in [0.05, 0.1) is 11.1 Å². The van der Waals surface area contributed by atoms with E-state index in [1.165, 1.54) is 24.3 Å². The maximum absolute atomic E-state index is 13.1. The number of phenolic OH excluding ortho intramolecular Hbond substituents is 2. The molecule has 0 saturated carbocycles. The summed E-state index contributed by atoms with van der Waals surface area (Å²) in [5.41, 5.74) is -0.560. The number of ether oxygens (including phenoxy) is 4. The number of fused-ring (bicyclic) bond motifs is 6. The lowest BCUT2D eigenvalue weighted by molar-refractivity contribution is -0.137. The van der Waals surface area contributed by atoms with Crippen molar-refractivity contribution in [1.82, 2.24) is 0 Å². The van der Waals surface area contributed by atoms with Crippen LogP contribution in [0.2, 0.25) is 0 Å². The van der Waals surface area contributed by atoms with Crippen molar-refractivity contribution >= 4 is 17.9 Å². The van der Waals surface area contributed by atoms with Crippen LogP contribution in [0.1, 0.15) is 66.6 Å². The second kappa shape index (κ2) is 9.16. The van der Waals surface area contributed by atoms with Crippen molar-refractivity contribution in [3.8, 4) is 34.5 Å². The predicted molar refractivity (Wildman–Crippen MR) is 129 cm³/mol. The second-order valence-corrected chi connectivity index (χ2v) is 8.77. The highest BCUT2D eigenvalue weighted by Crippen LogP contribution is 2.62. The standard InChI is InChI=1S/C28H24O9/c1-3-7-22(31)35-25-19(30)14-21-24(26(25)36-23(32)8-4-2)28(18-12-11-15(29)13-20(18)34-21)17-10-6-5-9-16(17)27(33)37-28/h5-6,9-14,29-30H,3-4,7-8H2,1-2H3. The maximum Gasteiger partial charge on any atom is 0.340 e. The molecule has 1 spiro atoms. The van der Waals surface area contributed by atoms with E-state index in [9.17, 15) is 24.6 Å². The lowest BCUT2D eigenvalue weighted by atomic mass is 9.77. The first-order valence-electron chi connectivity index (χ1n) is 12.0. The van der Waals surface area contributed by atoms with Gasteiger partial charge in [0.25, 0.3) is 0 Å². The molecule has 1 atom stereocenters. The molecule has 2 heterocycles. The highest BCUT2D eigenvalue weighted by Gasteiger charge is 2.56. The maximum atomic E-state index is 13.1. The Hall–Kier alpha value is -4.53. The molecule has 0 bridgehead atoms. The molecular formula is C28H24O9. The summed E-state index contributed by atoms with van der Waals surface area (Å²) in [6.45, 7) is 3.59. The third-order valence-electron chi connectivity index (χ3n) is 6.21. The number of carbonyl (C=O) groups excluding carboxylic acids is 3. The van der Waals surface area contributed by atoms with Crippen LogP contribution >= 0.6 is 0 Å². The van der Waals surface area contributed by atoms with Crippen molar-refractivity contribution < 1.29 is 43.5 Å². The van der Waals surface area contributed by atoms with Gasteiger partial charge in [-0.25, -0.2) is 4.79 Å². The van der Waals surface area contributed by atoms with Gasteiger partial charge < -0.3 is 29.2 Å². The van der Waals surface area contributed by atoms with E-state index in [-0.39, 0.29) is 52.7 Å². The highest BCUT2D eigenvalue weighted by molar-refractivity contribution is 5.97. The van der Waals surface area contributed by atoms with Crippen LogP contribution in [0.25, 0.3) is 0 Å². The molecule has 9 nitrogen and oxygen atoms in total. The Bertz CT molecular complexity index is 1440. The van der Waals surface area contributed by atoms with Crippen LogP contribution in [-0.4, -0.2) is 28.1 Å². The van der Waals surface area contributed by atoms with Crippen molar-refractivity contribution in [2.24, 2.45) is 0 Å². The number of aromatic hydroxyl groups is 2. The summed E-state index contributed by atoms with van der Waals surface area (Å²) in [4.78, 5) is 38.3. The van der Waals surface area contributed by atoms with Crippen molar-refractivity contribution in [3.05, 3.63) is 70.8 Å². The van der Waals surface area contributed by atoms with Gasteiger partial charge in [-0.1, -0.05) is 32.0 Å². The molecule has 0 fully saturated rings. The third kappa shape index (κ3) is 3.83. The van der Waals surface area contributed by atoms with E-state index in [0.717, 1.165) is 0 Å². The summed E-state index contributed by atoms with van der Waals surface area (Å²) >= 11 is 0. The van der Waals surface area contributed by atoms with Gasteiger partial charge in [-0.3, -0.25) is 9.59 Å². The number of benzene rings is 3. The van der Waals surface area contributed by atoms with E-state index < -0.39 is 29.3 Å². The normalized spacial score (nSPS) is 16.8. The number of rotatable bonds is 6. The summed E-state index contributed by atoms with van der Waals surface area (Å²) in [5.74, 6) is -3.05. The van der Waals surface area contributed by atoms with Crippen LogP contribution in [0.15, 0.2) is 48.5 Å². The van der Waals surface area contributed by atoms with E-state index >= 15 is 0 Å². The minimum absolute atomic E-state index is 0.00491. The van der Waals surface area contributed by atoms with Crippen LogP contribution < -0.4 is 14.2 Å². The van der Waals surface area contributed by atoms with Crippen LogP contribution in [0.5, 0.6) is 34.5 Å². The molecule has 9 heteroatoms. The van der Waals surface area contributed by atoms with E-state index in [4.69, 9.17) is 18.9 Å². The van der Waals surface area contributed by atoms with Crippen molar-refractivity contribution in [2.75, 3.05) is 0 Å². The summed E-state index contributed by atoms with van der Waals surface area (Å²) in [7, 11) is 0. The van der Waals surface area contributed by atoms with E-state index in [0.29, 0.717) is 24.0 Å². The summed E-state index contributed by atoms with van der Waals surface area (Å²) in [6.07, 6.45) is 1.07. The average molecular weight is 504 g/mol. The van der Waals surface area contributed by atoms with Gasteiger partial charge in [-0.05, 0) is 31.0 Å². The van der Waals surface area contributed by atoms with E-state index in [1.54, 1.807) is 38.1 Å². The molecule has 190 valence electrons. The predicted octanol–water partition coefficient (Wildman–Crippen LogP) is 5.08. The molecule has 0 saturated heterocycles. The highest BCUT2D eigenvalue weighted by atomic mass is 16.6. The fourth-order valence-corrected chi connectivity index (χ4v) is 4.69. The van der Waals surface area contributed by atoms with Crippen molar-refractivity contribution in [3.63, 3.8) is 0 Å². The van der Waals surface area contributed by atoms with E-state index in [2.05, 4.69) is 0 Å². The van der Waals surface area contributed by atoms with Gasteiger partial charge in [0.15, 0.2) is 17.1 Å². The molecule has 1 unspecified atom stereocenters. The Morgan fingerprint density at radius 1 is 0.865 bits per heavy atom. The van der Waals surface area contributed by atoms with E-state index in [1.807, 2.05) is 0 Å². The quantitative estimate of drug-likeness (QED) is 0.349. The Labute approximate surface area is 212 Å². The minimum atomic E-state index is -1.69. The number of esters is 3. The van der Waals surface area contributed by atoms with Crippen LogP contribution in [0, 0.1) is 0 Å². The van der Waals surface area contributed by atoms with Gasteiger partial charge in [0.1, 0.15) is 17.2 Å². The zero-order valence-electron chi connectivity index (χ0n) is 20.2. The molecule has 2 N–H and O–H groups in total. The van der Waals surface area contributed by atoms with Crippen LogP contribution in [0.3, 0.4) is 0 Å². The zero-order valence-corrected chi connectivity index (χ0v) is 20.2. The monoisotopic (exact) mass is 504 g/mol. The minimum Gasteiger partial charge on any atom is -0.508 e. The second-order valence-electron chi connectivity index (χ2n) is 8.77. The van der Waals surface area contributed by atoms with Gasteiger partial charge in [-0.15, -0.1) is 0 Å². The Morgan fingerprint density at radius 2 is 1.54 bits per heavy atom. The summed E-state index contributed by atoms with van der Waals surface area (Å²) < 4.78 is 23.3. The number of hydrogen-bond acceptors (Lipinski definition) is 9. The molecule has 5 rings (SSSR count). The van der Waals surface area contributed by atoms with Crippen molar-refractivity contribution in [1.29, 1.82) is 0 Å². The smallest absolute Gasteiger partial charge is 0.340 e. The zero-order chi connectivity index (χ0) is 26.3. The molecule has 37 heavy (non-hydrogen) atoms. The van der Waals surface area contributed by atoms with Crippen LogP contribution in [0.4, 0.5) is 0 Å². The fraction of sp³-hybridized carbons (Fsp3) is 0.250. The Morgan fingerprint density at radius 3 is 2.24 bits per heavy atom. The van der Waals surface area contributed by atoms with Crippen molar-refractivity contribution in [2.45, 2.75) is 45.1 Å². The molecule has 3 aromatic rings. The average Bonchev–Trinajstić information content (AvgIpc) is 3.14. The molecule has 0 aromatic heterocycles. The SMILES string of the molecule is CCCC(=O)Oc1c(O)cc2c(c1OC(=O)CCC)C1(OC(=O)c3ccccc31)c1ccc(O)cc1O2. The third-order valence-corrected chi connectivity index (χ3v) is 6.21. The first kappa shape index (κ1) is 24.2. The molecule has 2 aliphatic heterocycles. The number of phenols is 2. The molecule has 0 radical (unpaired) electrons. The first-order chi connectivity index (χ1) is 17.8. The molecule has 2 aliphatic rings. The lowest BCUT2D eigenvalue weighted by Crippen LogP contribution is -2.34. The number of carbonyl (C=O) groups is 3. The number of hydrogen-bond donors (Lipinski definition) is 2. The van der Waals surface area contributed by atoms with Gasteiger partial charge in [0.2, 0.25) is 5.75 Å². The Balaban J connectivity index is 1.86. The Kier molecular flexibility index (Phi) is 5.99. The first-order valence-corrected chi connectivity index (χ1v) is 12.0. The molecule has 0 amide bonds. The molecule has 3 aromatic carbocycles. The van der Waals surface area contributed by atoms with Crippen LogP contribution in [-0.2, 0) is 19.9 Å². The fourth-order valence-electron chi connectivity index (χ4n) is 4.69. The lowest BCUT2D eigenvalue weighted by Gasteiger charge is -2.37. The largest absolute Gasteiger partial charge is 0.508 e. The molecular weight excluding hydrogens is 480 g/mol. The summed E-state index contributed by atoms with van der Waals surface area (Å²) in [6, 6.07) is 12.2. The molecule has 0 aliphatic carbocycles. The van der Waals surface area contributed by atoms with Gasteiger partial charge in [-0.2, -0.15) is 0 Å². The summed E-state index contributed by atoms with van der Waals surface area (Å²) in [5, 5.41) is 21.0. The van der Waals surface area contributed by atoms with Gasteiger partial charge >= 0.3 is 17.9 Å². The van der Waals surface area contributed by atoms with Gasteiger partial charge in [0, 0.05) is 36.1 Å².